The van der Waals surface area contributed by atoms with Crippen molar-refractivity contribution in [2.75, 3.05) is 26.0 Å². The van der Waals surface area contributed by atoms with Crippen molar-refractivity contribution >= 4 is 17.3 Å². The Bertz CT molecular complexity index is 613. The van der Waals surface area contributed by atoms with Gasteiger partial charge in [-0.3, -0.25) is 0 Å². The summed E-state index contributed by atoms with van der Waals surface area (Å²) in [6.07, 6.45) is 0.580. The number of halogens is 2. The van der Waals surface area contributed by atoms with E-state index in [2.05, 4.69) is 28.4 Å². The van der Waals surface area contributed by atoms with E-state index in [1.165, 1.54) is 6.07 Å². The summed E-state index contributed by atoms with van der Waals surface area (Å²) in [6, 6.07) is 13.1. The van der Waals surface area contributed by atoms with E-state index in [0.717, 1.165) is 11.3 Å². The first-order valence-corrected chi connectivity index (χ1v) is 7.27. The zero-order valence-corrected chi connectivity index (χ0v) is 13.3. The molecule has 0 bridgehead atoms. The zero-order chi connectivity index (χ0) is 15.4. The SMILES string of the molecule is CNC(Cc1ccc(Cl)cc1F)c1cccc(N(C)C)c1. The van der Waals surface area contributed by atoms with Crippen molar-refractivity contribution in [3.63, 3.8) is 0 Å². The molecule has 0 aromatic heterocycles. The van der Waals surface area contributed by atoms with Crippen LogP contribution in [0.2, 0.25) is 5.02 Å². The highest BCUT2D eigenvalue weighted by molar-refractivity contribution is 6.30. The van der Waals surface area contributed by atoms with Gasteiger partial charge in [0.25, 0.3) is 0 Å². The van der Waals surface area contributed by atoms with Crippen molar-refractivity contribution in [1.82, 2.24) is 5.32 Å². The molecule has 0 aliphatic rings. The minimum absolute atomic E-state index is 0.0561. The molecule has 0 fully saturated rings. The van der Waals surface area contributed by atoms with Crippen molar-refractivity contribution in [3.05, 3.63) is 64.4 Å². The largest absolute Gasteiger partial charge is 0.378 e. The van der Waals surface area contributed by atoms with Crippen LogP contribution in [0.3, 0.4) is 0 Å². The number of benzene rings is 2. The molecular formula is C17H20ClFN2. The lowest BCUT2D eigenvalue weighted by molar-refractivity contribution is 0.554. The van der Waals surface area contributed by atoms with E-state index < -0.39 is 0 Å². The van der Waals surface area contributed by atoms with Crippen LogP contribution in [0.4, 0.5) is 10.1 Å². The molecule has 0 saturated carbocycles. The Balaban J connectivity index is 2.25. The van der Waals surface area contributed by atoms with Crippen LogP contribution in [0.5, 0.6) is 0 Å². The summed E-state index contributed by atoms with van der Waals surface area (Å²) in [4.78, 5) is 2.05. The number of rotatable bonds is 5. The van der Waals surface area contributed by atoms with Gasteiger partial charge in [0.15, 0.2) is 0 Å². The summed E-state index contributed by atoms with van der Waals surface area (Å²) >= 11 is 5.80. The molecule has 21 heavy (non-hydrogen) atoms. The lowest BCUT2D eigenvalue weighted by Gasteiger charge is -2.20. The third-order valence-corrected chi connectivity index (χ3v) is 3.81. The van der Waals surface area contributed by atoms with Gasteiger partial charge in [-0.2, -0.15) is 0 Å². The Hall–Kier alpha value is -1.58. The number of hydrogen-bond acceptors (Lipinski definition) is 2. The van der Waals surface area contributed by atoms with E-state index in [4.69, 9.17) is 11.6 Å². The molecule has 1 atom stereocenters. The van der Waals surface area contributed by atoms with Crippen LogP contribution in [-0.2, 0) is 6.42 Å². The molecule has 0 aliphatic carbocycles. The maximum atomic E-state index is 13.9. The maximum Gasteiger partial charge on any atom is 0.127 e. The van der Waals surface area contributed by atoms with Gasteiger partial charge in [0.05, 0.1) is 0 Å². The second kappa shape index (κ2) is 6.92. The quantitative estimate of drug-likeness (QED) is 0.896. The summed E-state index contributed by atoms with van der Waals surface area (Å²) in [5.41, 5.74) is 2.93. The van der Waals surface area contributed by atoms with Crippen molar-refractivity contribution in [2.24, 2.45) is 0 Å². The molecule has 0 amide bonds. The van der Waals surface area contributed by atoms with Crippen LogP contribution in [0.15, 0.2) is 42.5 Å². The van der Waals surface area contributed by atoms with Crippen LogP contribution < -0.4 is 10.2 Å². The summed E-state index contributed by atoms with van der Waals surface area (Å²) in [5, 5.41) is 3.68. The third-order valence-electron chi connectivity index (χ3n) is 3.58. The zero-order valence-electron chi connectivity index (χ0n) is 12.5. The van der Waals surface area contributed by atoms with Crippen molar-refractivity contribution in [2.45, 2.75) is 12.5 Å². The Morgan fingerprint density at radius 3 is 2.57 bits per heavy atom. The predicted molar refractivity (Wildman–Crippen MR) is 87.7 cm³/mol. The highest BCUT2D eigenvalue weighted by Crippen LogP contribution is 2.24. The third kappa shape index (κ3) is 3.96. The van der Waals surface area contributed by atoms with Crippen LogP contribution in [0, 0.1) is 5.82 Å². The topological polar surface area (TPSA) is 15.3 Å². The van der Waals surface area contributed by atoms with Crippen molar-refractivity contribution in [3.8, 4) is 0 Å². The number of likely N-dealkylation sites (N-methyl/N-ethyl adjacent to an activating group) is 1. The second-order valence-corrected chi connectivity index (χ2v) is 5.71. The molecule has 0 saturated heterocycles. The molecule has 4 heteroatoms. The van der Waals surface area contributed by atoms with Gasteiger partial charge in [0, 0.05) is 30.8 Å². The Morgan fingerprint density at radius 2 is 1.95 bits per heavy atom. The van der Waals surface area contributed by atoms with Crippen LogP contribution in [0.25, 0.3) is 0 Å². The van der Waals surface area contributed by atoms with Crippen molar-refractivity contribution < 1.29 is 4.39 Å². The van der Waals surface area contributed by atoms with Gasteiger partial charge in [-0.25, -0.2) is 4.39 Å². The van der Waals surface area contributed by atoms with E-state index in [9.17, 15) is 4.39 Å². The molecule has 112 valence electrons. The van der Waals surface area contributed by atoms with Gasteiger partial charge in [-0.15, -0.1) is 0 Å². The highest BCUT2D eigenvalue weighted by atomic mass is 35.5. The van der Waals surface area contributed by atoms with Crippen molar-refractivity contribution in [1.29, 1.82) is 0 Å². The first-order chi connectivity index (χ1) is 10.0. The standard InChI is InChI=1S/C17H20ClFN2/c1-20-17(10-12-7-8-14(18)11-16(12)19)13-5-4-6-15(9-13)21(2)3/h4-9,11,17,20H,10H2,1-3H3. The lowest BCUT2D eigenvalue weighted by atomic mass is 9.98. The van der Waals surface area contributed by atoms with E-state index in [1.54, 1.807) is 12.1 Å². The molecule has 0 spiro atoms. The minimum Gasteiger partial charge on any atom is -0.378 e. The molecule has 2 aromatic rings. The van der Waals surface area contributed by atoms with E-state index in [0.29, 0.717) is 17.0 Å². The Kier molecular flexibility index (Phi) is 5.21. The molecule has 2 rings (SSSR count). The fourth-order valence-corrected chi connectivity index (χ4v) is 2.47. The van der Waals surface area contributed by atoms with E-state index in [1.807, 2.05) is 27.2 Å². The maximum absolute atomic E-state index is 13.9. The van der Waals surface area contributed by atoms with Gasteiger partial charge < -0.3 is 10.2 Å². The average Bonchev–Trinajstić information content (AvgIpc) is 2.46. The average molecular weight is 307 g/mol. The molecule has 2 nitrogen and oxygen atoms in total. The number of hydrogen-bond donors (Lipinski definition) is 1. The minimum atomic E-state index is -0.258. The van der Waals surface area contributed by atoms with Gasteiger partial charge in [0.1, 0.15) is 5.82 Å². The van der Waals surface area contributed by atoms with E-state index >= 15 is 0 Å². The van der Waals surface area contributed by atoms with Crippen LogP contribution >= 0.6 is 11.6 Å². The monoisotopic (exact) mass is 306 g/mol. The lowest BCUT2D eigenvalue weighted by Crippen LogP contribution is -2.20. The molecule has 0 heterocycles. The Labute approximate surface area is 130 Å². The molecule has 1 N–H and O–H groups in total. The van der Waals surface area contributed by atoms with E-state index in [-0.39, 0.29) is 11.9 Å². The number of anilines is 1. The normalized spacial score (nSPS) is 12.2. The summed E-state index contributed by atoms with van der Waals surface area (Å²) in [7, 11) is 5.90. The first-order valence-electron chi connectivity index (χ1n) is 6.89. The predicted octanol–water partition coefficient (Wildman–Crippen LogP) is 4.05. The van der Waals surface area contributed by atoms with Gasteiger partial charge in [-0.05, 0) is 48.9 Å². The molecule has 2 aromatic carbocycles. The van der Waals surface area contributed by atoms with Crippen LogP contribution in [-0.4, -0.2) is 21.1 Å². The summed E-state index contributed by atoms with van der Waals surface area (Å²) in [6.45, 7) is 0. The second-order valence-electron chi connectivity index (χ2n) is 5.27. The number of nitrogens with zero attached hydrogens (tertiary/aromatic N) is 1. The fraction of sp³-hybridized carbons (Fsp3) is 0.294. The molecule has 0 aliphatic heterocycles. The fourth-order valence-electron chi connectivity index (χ4n) is 2.31. The molecule has 1 unspecified atom stereocenters. The molecule has 0 radical (unpaired) electrons. The van der Waals surface area contributed by atoms with Gasteiger partial charge in [-0.1, -0.05) is 29.8 Å². The van der Waals surface area contributed by atoms with Crippen LogP contribution in [0.1, 0.15) is 17.2 Å². The first kappa shape index (κ1) is 15.8. The Morgan fingerprint density at radius 1 is 1.19 bits per heavy atom. The van der Waals surface area contributed by atoms with Gasteiger partial charge in [0.2, 0.25) is 0 Å². The molecular weight excluding hydrogens is 287 g/mol. The van der Waals surface area contributed by atoms with Gasteiger partial charge >= 0.3 is 0 Å². The number of nitrogens with one attached hydrogen (secondary N) is 1. The smallest absolute Gasteiger partial charge is 0.127 e. The summed E-state index contributed by atoms with van der Waals surface area (Å²) in [5.74, 6) is -0.258. The summed E-state index contributed by atoms with van der Waals surface area (Å²) < 4.78 is 13.9. The highest BCUT2D eigenvalue weighted by Gasteiger charge is 2.14.